The van der Waals surface area contributed by atoms with Crippen LogP contribution in [0.25, 0.3) is 0 Å². The van der Waals surface area contributed by atoms with Crippen molar-refractivity contribution in [3.05, 3.63) is 29.8 Å². The molecule has 0 aliphatic carbocycles. The average molecular weight is 638 g/mol. The van der Waals surface area contributed by atoms with Crippen molar-refractivity contribution in [3.63, 3.8) is 0 Å². The molecule has 44 heavy (non-hydrogen) atoms. The van der Waals surface area contributed by atoms with E-state index in [1.165, 1.54) is 116 Å². The van der Waals surface area contributed by atoms with E-state index in [1.807, 2.05) is 24.3 Å². The number of alkyl carbamates (subject to hydrolysis) is 1. The summed E-state index contributed by atoms with van der Waals surface area (Å²) in [6, 6.07) is 7.74. The van der Waals surface area contributed by atoms with Gasteiger partial charge >= 0.3 is 6.09 Å². The highest BCUT2D eigenvalue weighted by Gasteiger charge is 2.12. The summed E-state index contributed by atoms with van der Waals surface area (Å²) in [4.78, 5) is 28.5. The highest BCUT2D eigenvalue weighted by Crippen LogP contribution is 2.21. The maximum absolute atomic E-state index is 12.4. The summed E-state index contributed by atoms with van der Waals surface area (Å²) in [6.45, 7) is 11.1. The van der Waals surface area contributed by atoms with Crippen molar-refractivity contribution in [2.75, 3.05) is 37.6 Å². The molecule has 0 aliphatic heterocycles. The number of para-hydroxylation sites is 1. The molecule has 256 valence electrons. The minimum absolute atomic E-state index is 0. The minimum Gasteiger partial charge on any atom is -0.445 e. The van der Waals surface area contributed by atoms with E-state index in [0.29, 0.717) is 13.1 Å². The fourth-order valence-corrected chi connectivity index (χ4v) is 5.58. The van der Waals surface area contributed by atoms with Crippen molar-refractivity contribution in [3.8, 4) is 0 Å². The van der Waals surface area contributed by atoms with Crippen LogP contribution in [-0.4, -0.2) is 50.1 Å². The van der Waals surface area contributed by atoms with Gasteiger partial charge in [0.25, 0.3) is 0 Å². The van der Waals surface area contributed by atoms with Crippen molar-refractivity contribution in [1.29, 1.82) is 0 Å². The van der Waals surface area contributed by atoms with Gasteiger partial charge in [0.1, 0.15) is 6.61 Å². The van der Waals surface area contributed by atoms with Crippen LogP contribution in [0, 0.1) is 0 Å². The molecule has 1 rings (SSSR count). The van der Waals surface area contributed by atoms with Crippen LogP contribution in [0.3, 0.4) is 0 Å². The second kappa shape index (κ2) is 31.2. The van der Waals surface area contributed by atoms with E-state index in [-0.39, 0.29) is 19.0 Å². The Morgan fingerprint density at radius 3 is 1.64 bits per heavy atom. The number of amides is 2. The van der Waals surface area contributed by atoms with Crippen molar-refractivity contribution in [1.82, 2.24) is 10.2 Å². The van der Waals surface area contributed by atoms with Gasteiger partial charge in [-0.1, -0.05) is 148 Å². The summed E-state index contributed by atoms with van der Waals surface area (Å²) in [5.74, 6) is 0. The first-order valence-corrected chi connectivity index (χ1v) is 18.1. The molecular formula is C37H68ClN3O3. The number of carbonyl (C=O) groups excluding carboxylic acids is 2. The number of carbonyl (C=O) groups is 2. The van der Waals surface area contributed by atoms with Gasteiger partial charge in [-0.2, -0.15) is 0 Å². The lowest BCUT2D eigenvalue weighted by Crippen LogP contribution is -2.36. The molecule has 0 unspecified atom stereocenters. The van der Waals surface area contributed by atoms with Crippen LogP contribution >= 0.6 is 12.4 Å². The molecule has 1 N–H and O–H groups in total. The van der Waals surface area contributed by atoms with Crippen LogP contribution in [0.5, 0.6) is 0 Å². The average Bonchev–Trinajstić information content (AvgIpc) is 3.03. The number of nitrogens with zero attached hydrogens (tertiary/aromatic N) is 2. The zero-order valence-electron chi connectivity index (χ0n) is 28.8. The Morgan fingerprint density at radius 2 is 1.14 bits per heavy atom. The second-order valence-corrected chi connectivity index (χ2v) is 12.3. The number of ether oxygens (including phenoxy) is 1. The van der Waals surface area contributed by atoms with Crippen molar-refractivity contribution in [2.24, 2.45) is 0 Å². The lowest BCUT2D eigenvalue weighted by Gasteiger charge is -2.22. The largest absolute Gasteiger partial charge is 0.445 e. The molecule has 0 saturated heterocycles. The van der Waals surface area contributed by atoms with E-state index in [1.54, 1.807) is 4.90 Å². The summed E-state index contributed by atoms with van der Waals surface area (Å²) < 4.78 is 5.53. The molecule has 0 heterocycles. The lowest BCUT2D eigenvalue weighted by molar-refractivity contribution is -0.107. The highest BCUT2D eigenvalue weighted by atomic mass is 35.5. The van der Waals surface area contributed by atoms with E-state index in [9.17, 15) is 9.59 Å². The number of hydrogen-bond acceptors (Lipinski definition) is 4. The molecule has 0 fully saturated rings. The molecular weight excluding hydrogens is 570 g/mol. The third-order valence-corrected chi connectivity index (χ3v) is 8.39. The number of halogens is 1. The van der Waals surface area contributed by atoms with Gasteiger partial charge in [-0.25, -0.2) is 4.79 Å². The van der Waals surface area contributed by atoms with Gasteiger partial charge in [0.2, 0.25) is 6.41 Å². The van der Waals surface area contributed by atoms with Gasteiger partial charge in [0.05, 0.1) is 0 Å². The van der Waals surface area contributed by atoms with Crippen LogP contribution < -0.4 is 10.2 Å². The first-order valence-electron chi connectivity index (χ1n) is 18.1. The van der Waals surface area contributed by atoms with Crippen LogP contribution in [0.4, 0.5) is 10.5 Å². The molecule has 2 amide bonds. The Labute approximate surface area is 277 Å². The molecule has 1 aromatic carbocycles. The van der Waals surface area contributed by atoms with E-state index in [4.69, 9.17) is 4.74 Å². The fourth-order valence-electron chi connectivity index (χ4n) is 5.58. The van der Waals surface area contributed by atoms with Crippen molar-refractivity contribution >= 4 is 30.6 Å². The standard InChI is InChI=1S/C37H67N3O3.ClH/c1-4-7-10-11-12-13-14-15-16-17-18-19-20-21-22-25-31-40(34-41)36-27-24-23-26-35(36)33-43-37(42)38-28-32-39(29-8-5-2)30-9-6-3;/h23-24,26-27,34H,4-22,25,28-33H2,1-3H3,(H,38,42);1H. The van der Waals surface area contributed by atoms with E-state index < -0.39 is 6.09 Å². The van der Waals surface area contributed by atoms with E-state index in [0.717, 1.165) is 50.1 Å². The van der Waals surface area contributed by atoms with Gasteiger partial charge in [0.15, 0.2) is 0 Å². The zero-order chi connectivity index (χ0) is 31.2. The summed E-state index contributed by atoms with van der Waals surface area (Å²) in [5, 5.41) is 2.90. The summed E-state index contributed by atoms with van der Waals surface area (Å²) in [5.41, 5.74) is 1.69. The third kappa shape index (κ3) is 22.7. The van der Waals surface area contributed by atoms with Crippen LogP contribution in [-0.2, 0) is 16.1 Å². The van der Waals surface area contributed by atoms with Gasteiger partial charge < -0.3 is 19.9 Å². The number of unbranched alkanes of at least 4 members (excludes halogenated alkanes) is 17. The fraction of sp³-hybridized carbons (Fsp3) is 0.784. The molecule has 6 nitrogen and oxygen atoms in total. The minimum atomic E-state index is -0.406. The van der Waals surface area contributed by atoms with Crippen LogP contribution in [0.15, 0.2) is 24.3 Å². The van der Waals surface area contributed by atoms with Crippen LogP contribution in [0.2, 0.25) is 0 Å². The molecule has 0 bridgehead atoms. The first-order chi connectivity index (χ1) is 21.2. The molecule has 0 atom stereocenters. The van der Waals surface area contributed by atoms with Crippen molar-refractivity contribution < 1.29 is 14.3 Å². The van der Waals surface area contributed by atoms with E-state index in [2.05, 4.69) is 31.0 Å². The summed E-state index contributed by atoms with van der Waals surface area (Å²) in [7, 11) is 0. The number of hydrogen-bond donors (Lipinski definition) is 1. The Bertz CT molecular complexity index is 787. The van der Waals surface area contributed by atoms with Gasteiger partial charge in [-0.3, -0.25) is 4.79 Å². The first kappa shape index (κ1) is 42.2. The lowest BCUT2D eigenvalue weighted by atomic mass is 10.0. The topological polar surface area (TPSA) is 61.9 Å². The summed E-state index contributed by atoms with van der Waals surface area (Å²) >= 11 is 0. The van der Waals surface area contributed by atoms with Gasteiger partial charge in [0, 0.05) is 30.9 Å². The maximum atomic E-state index is 12.4. The van der Waals surface area contributed by atoms with Crippen LogP contribution in [0.1, 0.15) is 155 Å². The third-order valence-electron chi connectivity index (χ3n) is 8.39. The highest BCUT2D eigenvalue weighted by molar-refractivity contribution is 5.85. The maximum Gasteiger partial charge on any atom is 0.407 e. The Kier molecular flexibility index (Phi) is 29.9. The molecule has 0 aliphatic rings. The number of nitrogens with one attached hydrogen (secondary N) is 1. The SMILES string of the molecule is CCCCCCCCCCCCCCCCCCN(C=O)c1ccccc1COC(=O)NCCN(CCCC)CCCC.Cl. The molecule has 0 aromatic heterocycles. The molecule has 0 radical (unpaired) electrons. The Morgan fingerprint density at radius 1 is 0.659 bits per heavy atom. The number of rotatable bonds is 30. The number of anilines is 1. The predicted molar refractivity (Wildman–Crippen MR) is 191 cm³/mol. The Balaban J connectivity index is 0.0000185. The van der Waals surface area contributed by atoms with Gasteiger partial charge in [-0.15, -0.1) is 12.4 Å². The zero-order valence-corrected chi connectivity index (χ0v) is 29.6. The molecule has 0 saturated carbocycles. The van der Waals surface area contributed by atoms with E-state index >= 15 is 0 Å². The predicted octanol–water partition coefficient (Wildman–Crippen LogP) is 10.5. The molecule has 1 aromatic rings. The quantitative estimate of drug-likeness (QED) is 0.0673. The smallest absolute Gasteiger partial charge is 0.407 e. The molecule has 7 heteroatoms. The normalized spacial score (nSPS) is 10.9. The second-order valence-electron chi connectivity index (χ2n) is 12.3. The molecule has 0 spiro atoms. The van der Waals surface area contributed by atoms with Gasteiger partial charge in [-0.05, 0) is 38.4 Å². The van der Waals surface area contributed by atoms with Crippen molar-refractivity contribution in [2.45, 2.75) is 156 Å². The Hall–Kier alpha value is -1.79. The summed E-state index contributed by atoms with van der Waals surface area (Å²) in [6.07, 6.45) is 26.5. The number of benzene rings is 1. The monoisotopic (exact) mass is 637 g/mol.